The van der Waals surface area contributed by atoms with Gasteiger partial charge in [-0.25, -0.2) is 4.98 Å². The molecule has 0 fully saturated rings. The van der Waals surface area contributed by atoms with Crippen molar-refractivity contribution in [3.63, 3.8) is 0 Å². The first-order valence-corrected chi connectivity index (χ1v) is 7.68. The molecule has 0 radical (unpaired) electrons. The molecule has 22 heavy (non-hydrogen) atoms. The maximum absolute atomic E-state index is 11.3. The van der Waals surface area contributed by atoms with Crippen LogP contribution in [0.25, 0.3) is 11.4 Å². The van der Waals surface area contributed by atoms with Crippen LogP contribution < -0.4 is 0 Å². The number of carbonyl (C=O) groups is 1. The van der Waals surface area contributed by atoms with Crippen LogP contribution in [0.15, 0.2) is 24.3 Å². The normalized spacial score (nSPS) is 17.5. The Morgan fingerprint density at radius 3 is 2.45 bits per heavy atom. The van der Waals surface area contributed by atoms with E-state index in [9.17, 15) is 9.90 Å². The van der Waals surface area contributed by atoms with E-state index in [4.69, 9.17) is 0 Å². The largest absolute Gasteiger partial charge is 0.481 e. The lowest BCUT2D eigenvalue weighted by atomic mass is 9.87. The second-order valence-electron chi connectivity index (χ2n) is 7.08. The van der Waals surface area contributed by atoms with Crippen molar-refractivity contribution in [3.05, 3.63) is 41.2 Å². The van der Waals surface area contributed by atoms with Gasteiger partial charge in [-0.3, -0.25) is 4.79 Å². The first-order valence-electron chi connectivity index (χ1n) is 7.68. The molecule has 1 atom stereocenters. The molecule has 1 heterocycles. The molecule has 2 aromatic rings. The fraction of sp³-hybridized carbons (Fsp3) is 0.444. The van der Waals surface area contributed by atoms with E-state index in [0.717, 1.165) is 29.2 Å². The number of benzene rings is 1. The van der Waals surface area contributed by atoms with Gasteiger partial charge in [0.2, 0.25) is 0 Å². The zero-order valence-corrected chi connectivity index (χ0v) is 13.6. The highest BCUT2D eigenvalue weighted by atomic mass is 16.4. The summed E-state index contributed by atoms with van der Waals surface area (Å²) in [5.74, 6) is -0.369. The zero-order valence-electron chi connectivity index (χ0n) is 13.6. The van der Waals surface area contributed by atoms with E-state index in [1.807, 2.05) is 11.6 Å². The molecule has 0 saturated carbocycles. The summed E-state index contributed by atoms with van der Waals surface area (Å²) >= 11 is 0. The maximum Gasteiger partial charge on any atom is 0.312 e. The number of nitrogens with zero attached hydrogens (tertiary/aromatic N) is 2. The highest BCUT2D eigenvalue weighted by molar-refractivity contribution is 5.77. The van der Waals surface area contributed by atoms with Gasteiger partial charge in [0.25, 0.3) is 0 Å². The summed E-state index contributed by atoms with van der Waals surface area (Å²) < 4.78 is 2.05. The molecule has 0 amide bonds. The van der Waals surface area contributed by atoms with Gasteiger partial charge in [0, 0.05) is 18.3 Å². The van der Waals surface area contributed by atoms with Gasteiger partial charge in [0.1, 0.15) is 11.7 Å². The van der Waals surface area contributed by atoms with E-state index in [-0.39, 0.29) is 5.41 Å². The molecule has 1 aliphatic rings. The van der Waals surface area contributed by atoms with E-state index in [1.165, 1.54) is 5.56 Å². The molecule has 1 aromatic heterocycles. The molecule has 0 saturated heterocycles. The average Bonchev–Trinajstić information content (AvgIpc) is 2.99. The smallest absolute Gasteiger partial charge is 0.312 e. The molecule has 116 valence electrons. The van der Waals surface area contributed by atoms with Gasteiger partial charge in [-0.15, -0.1) is 0 Å². The first-order chi connectivity index (χ1) is 10.3. The molecule has 0 bridgehead atoms. The van der Waals surface area contributed by atoms with Crippen molar-refractivity contribution in [1.29, 1.82) is 0 Å². The summed E-state index contributed by atoms with van der Waals surface area (Å²) in [6.07, 6.45) is 1.44. The first kappa shape index (κ1) is 14.8. The van der Waals surface area contributed by atoms with Crippen molar-refractivity contribution in [1.82, 2.24) is 9.55 Å². The number of carboxylic acid groups (broad SMARTS) is 1. The molecule has 1 N–H and O–H groups in total. The van der Waals surface area contributed by atoms with Crippen LogP contribution in [0.4, 0.5) is 0 Å². The van der Waals surface area contributed by atoms with Crippen molar-refractivity contribution >= 4 is 5.97 Å². The lowest BCUT2D eigenvalue weighted by molar-refractivity contribution is -0.138. The van der Waals surface area contributed by atoms with Crippen LogP contribution in [-0.4, -0.2) is 20.6 Å². The number of rotatable bonds is 2. The molecule has 0 spiro atoms. The van der Waals surface area contributed by atoms with Crippen molar-refractivity contribution in [2.75, 3.05) is 0 Å². The summed E-state index contributed by atoms with van der Waals surface area (Å²) in [5, 5.41) is 9.31. The third-order valence-electron chi connectivity index (χ3n) is 4.55. The van der Waals surface area contributed by atoms with Crippen LogP contribution in [0.3, 0.4) is 0 Å². The van der Waals surface area contributed by atoms with E-state index >= 15 is 0 Å². The Balaban J connectivity index is 2.00. The zero-order chi connectivity index (χ0) is 16.1. The van der Waals surface area contributed by atoms with Crippen LogP contribution in [0, 0.1) is 0 Å². The van der Waals surface area contributed by atoms with E-state index in [2.05, 4.69) is 50.0 Å². The third kappa shape index (κ3) is 2.32. The maximum atomic E-state index is 11.3. The van der Waals surface area contributed by atoms with Crippen molar-refractivity contribution in [2.24, 2.45) is 7.05 Å². The Morgan fingerprint density at radius 2 is 1.91 bits per heavy atom. The number of aliphatic carboxylic acids is 1. The fourth-order valence-corrected chi connectivity index (χ4v) is 3.16. The van der Waals surface area contributed by atoms with Gasteiger partial charge >= 0.3 is 5.97 Å². The van der Waals surface area contributed by atoms with Crippen LogP contribution in [0.2, 0.25) is 0 Å². The minimum atomic E-state index is -0.772. The highest BCUT2D eigenvalue weighted by Gasteiger charge is 2.33. The summed E-state index contributed by atoms with van der Waals surface area (Å²) in [6.45, 7) is 6.57. The lowest BCUT2D eigenvalue weighted by Gasteiger charge is -2.19. The lowest BCUT2D eigenvalue weighted by Crippen LogP contribution is -2.10. The van der Waals surface area contributed by atoms with Gasteiger partial charge in [0.05, 0.1) is 5.69 Å². The van der Waals surface area contributed by atoms with Crippen molar-refractivity contribution in [2.45, 2.75) is 44.9 Å². The number of carboxylic acids is 1. The molecule has 1 aromatic carbocycles. The summed E-state index contributed by atoms with van der Waals surface area (Å²) in [5.41, 5.74) is 4.23. The van der Waals surface area contributed by atoms with Crippen LogP contribution in [0.5, 0.6) is 0 Å². The third-order valence-corrected chi connectivity index (χ3v) is 4.55. The van der Waals surface area contributed by atoms with E-state index < -0.39 is 11.9 Å². The molecule has 1 unspecified atom stereocenters. The molecule has 4 heteroatoms. The Morgan fingerprint density at radius 1 is 1.27 bits per heavy atom. The van der Waals surface area contributed by atoms with Gasteiger partial charge in [-0.2, -0.15) is 0 Å². The monoisotopic (exact) mass is 298 g/mol. The second-order valence-corrected chi connectivity index (χ2v) is 7.08. The molecule has 0 aliphatic heterocycles. The van der Waals surface area contributed by atoms with Crippen molar-refractivity contribution in [3.8, 4) is 11.4 Å². The predicted octanol–water partition coefficient (Wildman–Crippen LogP) is 3.50. The Kier molecular flexibility index (Phi) is 3.35. The highest BCUT2D eigenvalue weighted by Crippen LogP contribution is 2.36. The van der Waals surface area contributed by atoms with E-state index in [1.54, 1.807) is 0 Å². The summed E-state index contributed by atoms with van der Waals surface area (Å²) in [7, 11) is 1.98. The Bertz CT molecular complexity index is 721. The van der Waals surface area contributed by atoms with Gasteiger partial charge in [-0.1, -0.05) is 45.0 Å². The van der Waals surface area contributed by atoms with Crippen molar-refractivity contribution < 1.29 is 9.90 Å². The number of hydrogen-bond donors (Lipinski definition) is 1. The number of hydrogen-bond acceptors (Lipinski definition) is 2. The number of imidazole rings is 1. The standard InChI is InChI=1S/C18H22N2O2/c1-18(2,3)12-7-5-11(6-8-12)16-19-15-13(17(21)22)9-10-14(15)20(16)4/h5-8,13H,9-10H2,1-4H3,(H,21,22). The predicted molar refractivity (Wildman–Crippen MR) is 86.0 cm³/mol. The van der Waals surface area contributed by atoms with Gasteiger partial charge in [-0.05, 0) is 23.8 Å². The minimum Gasteiger partial charge on any atom is -0.481 e. The van der Waals surface area contributed by atoms with Gasteiger partial charge in [0.15, 0.2) is 0 Å². The molecule has 1 aliphatic carbocycles. The Labute approximate surface area is 130 Å². The minimum absolute atomic E-state index is 0.121. The second kappa shape index (κ2) is 4.97. The number of fused-ring (bicyclic) bond motifs is 1. The van der Waals surface area contributed by atoms with Crippen LogP contribution >= 0.6 is 0 Å². The van der Waals surface area contributed by atoms with Crippen LogP contribution in [-0.2, 0) is 23.7 Å². The fourth-order valence-electron chi connectivity index (χ4n) is 3.16. The summed E-state index contributed by atoms with van der Waals surface area (Å²) in [4.78, 5) is 16.0. The average molecular weight is 298 g/mol. The molecular formula is C18H22N2O2. The van der Waals surface area contributed by atoms with Crippen LogP contribution in [0.1, 0.15) is 50.1 Å². The van der Waals surface area contributed by atoms with Gasteiger partial charge < -0.3 is 9.67 Å². The number of aromatic nitrogens is 2. The summed E-state index contributed by atoms with van der Waals surface area (Å²) in [6, 6.07) is 8.41. The topological polar surface area (TPSA) is 55.1 Å². The quantitative estimate of drug-likeness (QED) is 0.923. The van der Waals surface area contributed by atoms with E-state index in [0.29, 0.717) is 6.42 Å². The molecule has 4 nitrogen and oxygen atoms in total. The molecular weight excluding hydrogens is 276 g/mol. The Hall–Kier alpha value is -2.10. The molecule has 3 rings (SSSR count). The SMILES string of the molecule is Cn1c(-c2ccc(C(C)(C)C)cc2)nc2c1CCC2C(=O)O.